The van der Waals surface area contributed by atoms with E-state index in [0.717, 1.165) is 23.6 Å². The van der Waals surface area contributed by atoms with Gasteiger partial charge in [0.15, 0.2) is 0 Å². The quantitative estimate of drug-likeness (QED) is 0.809. The van der Waals surface area contributed by atoms with Crippen LogP contribution in [-0.2, 0) is 0 Å². The summed E-state index contributed by atoms with van der Waals surface area (Å²) < 4.78 is 0. The SMILES string of the molecule is C[C@H]1CCCN1C[C@H]1C[C@@H]1c1ccc(N)cc1. The molecule has 92 valence electrons. The van der Waals surface area contributed by atoms with E-state index in [-0.39, 0.29) is 0 Å². The average Bonchev–Trinajstić information content (AvgIpc) is 2.97. The van der Waals surface area contributed by atoms with Gasteiger partial charge in [0, 0.05) is 18.3 Å². The van der Waals surface area contributed by atoms with Crippen LogP contribution in [0.1, 0.15) is 37.7 Å². The number of benzene rings is 1. The van der Waals surface area contributed by atoms with Gasteiger partial charge in [-0.05, 0) is 62.3 Å². The van der Waals surface area contributed by atoms with Gasteiger partial charge in [0.2, 0.25) is 0 Å². The molecule has 2 nitrogen and oxygen atoms in total. The summed E-state index contributed by atoms with van der Waals surface area (Å²) in [5.74, 6) is 1.68. The van der Waals surface area contributed by atoms with Crippen molar-refractivity contribution < 1.29 is 0 Å². The Labute approximate surface area is 104 Å². The van der Waals surface area contributed by atoms with Crippen LogP contribution in [0.5, 0.6) is 0 Å². The molecule has 0 amide bonds. The highest BCUT2D eigenvalue weighted by atomic mass is 15.2. The van der Waals surface area contributed by atoms with Crippen LogP contribution < -0.4 is 5.73 Å². The summed E-state index contributed by atoms with van der Waals surface area (Å²) in [6.45, 7) is 4.98. The van der Waals surface area contributed by atoms with Crippen LogP contribution in [0.3, 0.4) is 0 Å². The van der Waals surface area contributed by atoms with E-state index in [1.807, 2.05) is 12.1 Å². The molecule has 1 heterocycles. The highest BCUT2D eigenvalue weighted by Crippen LogP contribution is 2.48. The predicted octanol–water partition coefficient (Wildman–Crippen LogP) is 2.86. The minimum absolute atomic E-state index is 0.795. The average molecular weight is 230 g/mol. The topological polar surface area (TPSA) is 29.3 Å². The van der Waals surface area contributed by atoms with E-state index in [4.69, 9.17) is 5.73 Å². The van der Waals surface area contributed by atoms with E-state index in [2.05, 4.69) is 24.0 Å². The molecule has 2 N–H and O–H groups in total. The molecule has 1 saturated carbocycles. The summed E-state index contributed by atoms with van der Waals surface area (Å²) in [6.07, 6.45) is 4.15. The zero-order chi connectivity index (χ0) is 11.8. The Morgan fingerprint density at radius 2 is 2.06 bits per heavy atom. The number of anilines is 1. The fraction of sp³-hybridized carbons (Fsp3) is 0.600. The van der Waals surface area contributed by atoms with E-state index in [1.54, 1.807) is 0 Å². The monoisotopic (exact) mass is 230 g/mol. The van der Waals surface area contributed by atoms with Crippen LogP contribution in [0.4, 0.5) is 5.69 Å². The van der Waals surface area contributed by atoms with Crippen LogP contribution in [0, 0.1) is 5.92 Å². The molecule has 2 aliphatic rings. The third-order valence-electron chi connectivity index (χ3n) is 4.45. The van der Waals surface area contributed by atoms with Crippen molar-refractivity contribution in [2.75, 3.05) is 18.8 Å². The highest BCUT2D eigenvalue weighted by molar-refractivity contribution is 5.41. The van der Waals surface area contributed by atoms with Crippen molar-refractivity contribution in [3.05, 3.63) is 29.8 Å². The Morgan fingerprint density at radius 3 is 2.71 bits per heavy atom. The number of likely N-dealkylation sites (tertiary alicyclic amines) is 1. The Bertz CT molecular complexity index is 384. The first-order chi connectivity index (χ1) is 8.24. The van der Waals surface area contributed by atoms with Crippen LogP contribution in [0.25, 0.3) is 0 Å². The lowest BCUT2D eigenvalue weighted by atomic mass is 10.1. The van der Waals surface area contributed by atoms with Gasteiger partial charge in [-0.25, -0.2) is 0 Å². The molecule has 0 unspecified atom stereocenters. The third-order valence-corrected chi connectivity index (χ3v) is 4.45. The van der Waals surface area contributed by atoms with Crippen molar-refractivity contribution in [2.45, 2.75) is 38.1 Å². The largest absolute Gasteiger partial charge is 0.399 e. The van der Waals surface area contributed by atoms with Crippen molar-refractivity contribution in [3.63, 3.8) is 0 Å². The Kier molecular flexibility index (Phi) is 2.83. The van der Waals surface area contributed by atoms with Crippen molar-refractivity contribution >= 4 is 5.69 Å². The summed E-state index contributed by atoms with van der Waals surface area (Å²) >= 11 is 0. The molecule has 1 aromatic carbocycles. The maximum absolute atomic E-state index is 5.72. The standard InChI is InChI=1S/C15H22N2/c1-11-3-2-8-17(11)10-13-9-15(13)12-4-6-14(16)7-5-12/h4-7,11,13,15H,2-3,8-10,16H2,1H3/t11-,13+,15+/m0/s1. The zero-order valence-corrected chi connectivity index (χ0v) is 10.6. The van der Waals surface area contributed by atoms with Gasteiger partial charge in [-0.15, -0.1) is 0 Å². The highest BCUT2D eigenvalue weighted by Gasteiger charge is 2.40. The summed E-state index contributed by atoms with van der Waals surface area (Å²) in [5, 5.41) is 0. The maximum Gasteiger partial charge on any atom is 0.0314 e. The molecular weight excluding hydrogens is 208 g/mol. The van der Waals surface area contributed by atoms with E-state index >= 15 is 0 Å². The lowest BCUT2D eigenvalue weighted by Crippen LogP contribution is -2.29. The summed E-state index contributed by atoms with van der Waals surface area (Å²) in [4.78, 5) is 2.67. The normalized spacial score (nSPS) is 32.9. The van der Waals surface area contributed by atoms with Gasteiger partial charge >= 0.3 is 0 Å². The Balaban J connectivity index is 1.57. The number of hydrogen-bond donors (Lipinski definition) is 1. The fourth-order valence-electron chi connectivity index (χ4n) is 3.17. The van der Waals surface area contributed by atoms with E-state index < -0.39 is 0 Å². The summed E-state index contributed by atoms with van der Waals surface area (Å²) in [5.41, 5.74) is 8.08. The van der Waals surface area contributed by atoms with Crippen molar-refractivity contribution in [1.29, 1.82) is 0 Å². The lowest BCUT2D eigenvalue weighted by molar-refractivity contribution is 0.256. The number of hydrogen-bond acceptors (Lipinski definition) is 2. The molecule has 1 saturated heterocycles. The fourth-order valence-corrected chi connectivity index (χ4v) is 3.17. The van der Waals surface area contributed by atoms with E-state index in [9.17, 15) is 0 Å². The number of rotatable bonds is 3. The smallest absolute Gasteiger partial charge is 0.0314 e. The molecule has 17 heavy (non-hydrogen) atoms. The third kappa shape index (κ3) is 2.32. The Morgan fingerprint density at radius 1 is 1.29 bits per heavy atom. The minimum Gasteiger partial charge on any atom is -0.399 e. The molecule has 3 rings (SSSR count). The summed E-state index contributed by atoms with van der Waals surface area (Å²) in [7, 11) is 0. The van der Waals surface area contributed by atoms with Crippen LogP contribution >= 0.6 is 0 Å². The molecule has 1 aliphatic carbocycles. The van der Waals surface area contributed by atoms with E-state index in [0.29, 0.717) is 0 Å². The van der Waals surface area contributed by atoms with Crippen LogP contribution in [-0.4, -0.2) is 24.0 Å². The number of nitrogens with zero attached hydrogens (tertiary/aromatic N) is 1. The predicted molar refractivity (Wildman–Crippen MR) is 72.0 cm³/mol. The zero-order valence-electron chi connectivity index (χ0n) is 10.6. The first-order valence-corrected chi connectivity index (χ1v) is 6.83. The molecule has 2 heteroatoms. The van der Waals surface area contributed by atoms with Gasteiger partial charge in [-0.3, -0.25) is 0 Å². The molecule has 0 radical (unpaired) electrons. The van der Waals surface area contributed by atoms with Crippen molar-refractivity contribution in [1.82, 2.24) is 4.90 Å². The number of nitrogen functional groups attached to an aromatic ring is 1. The second kappa shape index (κ2) is 4.34. The first-order valence-electron chi connectivity index (χ1n) is 6.83. The lowest BCUT2D eigenvalue weighted by Gasteiger charge is -2.20. The van der Waals surface area contributed by atoms with Gasteiger partial charge in [0.25, 0.3) is 0 Å². The van der Waals surface area contributed by atoms with Crippen molar-refractivity contribution in [3.8, 4) is 0 Å². The molecule has 3 atom stereocenters. The number of nitrogens with two attached hydrogens (primary N) is 1. The molecular formula is C15H22N2. The molecule has 1 aliphatic heterocycles. The van der Waals surface area contributed by atoms with Gasteiger partial charge in [-0.1, -0.05) is 12.1 Å². The maximum atomic E-state index is 5.72. The van der Waals surface area contributed by atoms with Gasteiger partial charge in [0.1, 0.15) is 0 Å². The second-order valence-corrected chi connectivity index (χ2v) is 5.76. The van der Waals surface area contributed by atoms with Gasteiger partial charge < -0.3 is 10.6 Å². The van der Waals surface area contributed by atoms with Crippen LogP contribution in [0.2, 0.25) is 0 Å². The van der Waals surface area contributed by atoms with Gasteiger partial charge in [0.05, 0.1) is 0 Å². The van der Waals surface area contributed by atoms with Crippen molar-refractivity contribution in [2.24, 2.45) is 5.92 Å². The molecule has 2 fully saturated rings. The molecule has 0 aromatic heterocycles. The summed E-state index contributed by atoms with van der Waals surface area (Å²) in [6, 6.07) is 9.27. The van der Waals surface area contributed by atoms with Gasteiger partial charge in [-0.2, -0.15) is 0 Å². The molecule has 0 spiro atoms. The molecule has 0 bridgehead atoms. The Hall–Kier alpha value is -1.02. The minimum atomic E-state index is 0.795. The molecule has 1 aromatic rings. The van der Waals surface area contributed by atoms with Crippen LogP contribution in [0.15, 0.2) is 24.3 Å². The first kappa shape index (κ1) is 11.1. The second-order valence-electron chi connectivity index (χ2n) is 5.76. The van der Waals surface area contributed by atoms with E-state index in [1.165, 1.54) is 37.9 Å².